The molecule has 5 nitrogen and oxygen atoms in total. The molecular weight excluding hydrogens is 294 g/mol. The number of carbonyl (C=O) groups is 2. The van der Waals surface area contributed by atoms with Crippen molar-refractivity contribution in [1.29, 1.82) is 0 Å². The third kappa shape index (κ3) is 8.86. The second-order valence-electron chi connectivity index (χ2n) is 6.63. The lowest BCUT2D eigenvalue weighted by atomic mass is 9.91. The normalized spacial score (nSPS) is 12.5. The van der Waals surface area contributed by atoms with Crippen molar-refractivity contribution < 1.29 is 19.4 Å². The molecule has 0 bridgehead atoms. The van der Waals surface area contributed by atoms with Crippen molar-refractivity contribution in [1.82, 2.24) is 5.32 Å². The SMILES string of the molecule is CC(C)(C)OC(=O)NCCCC[C@@H](CC(=O)O)c1ccccc1. The first-order valence-corrected chi connectivity index (χ1v) is 8.01. The van der Waals surface area contributed by atoms with Gasteiger partial charge in [0.05, 0.1) is 6.42 Å². The van der Waals surface area contributed by atoms with Crippen LogP contribution in [-0.4, -0.2) is 29.3 Å². The summed E-state index contributed by atoms with van der Waals surface area (Å²) in [6.07, 6.45) is 2.14. The first-order chi connectivity index (χ1) is 10.8. The molecule has 1 aromatic rings. The number of carboxylic acids is 1. The minimum absolute atomic E-state index is 0.00947. The first kappa shape index (κ1) is 19.0. The van der Waals surface area contributed by atoms with E-state index >= 15 is 0 Å². The van der Waals surface area contributed by atoms with E-state index in [2.05, 4.69) is 5.32 Å². The van der Waals surface area contributed by atoms with Crippen molar-refractivity contribution in [3.63, 3.8) is 0 Å². The topological polar surface area (TPSA) is 75.6 Å². The summed E-state index contributed by atoms with van der Waals surface area (Å²) in [5.74, 6) is -0.777. The van der Waals surface area contributed by atoms with Gasteiger partial charge in [0.25, 0.3) is 0 Å². The molecule has 1 rings (SSSR count). The van der Waals surface area contributed by atoms with E-state index < -0.39 is 17.7 Å². The first-order valence-electron chi connectivity index (χ1n) is 8.01. The number of rotatable bonds is 8. The Balaban J connectivity index is 2.33. The van der Waals surface area contributed by atoms with E-state index in [0.717, 1.165) is 24.8 Å². The van der Waals surface area contributed by atoms with Gasteiger partial charge in [0, 0.05) is 6.54 Å². The van der Waals surface area contributed by atoms with Crippen molar-refractivity contribution in [2.24, 2.45) is 0 Å². The highest BCUT2D eigenvalue weighted by molar-refractivity contribution is 5.68. The van der Waals surface area contributed by atoms with Crippen LogP contribution in [-0.2, 0) is 9.53 Å². The zero-order valence-electron chi connectivity index (χ0n) is 14.2. The minimum Gasteiger partial charge on any atom is -0.481 e. The summed E-state index contributed by atoms with van der Waals surface area (Å²) >= 11 is 0. The van der Waals surface area contributed by atoms with Gasteiger partial charge in [0.1, 0.15) is 5.60 Å². The van der Waals surface area contributed by atoms with E-state index in [1.165, 1.54) is 0 Å². The Morgan fingerprint density at radius 2 is 1.83 bits per heavy atom. The van der Waals surface area contributed by atoms with Crippen LogP contribution >= 0.6 is 0 Å². The summed E-state index contributed by atoms with van der Waals surface area (Å²) in [7, 11) is 0. The molecular formula is C18H27NO4. The zero-order valence-corrected chi connectivity index (χ0v) is 14.2. The number of ether oxygens (including phenoxy) is 1. The number of carboxylic acid groups (broad SMARTS) is 1. The highest BCUT2D eigenvalue weighted by Crippen LogP contribution is 2.25. The van der Waals surface area contributed by atoms with Crippen LogP contribution in [0.3, 0.4) is 0 Å². The van der Waals surface area contributed by atoms with Crippen LogP contribution < -0.4 is 5.32 Å². The molecule has 0 fully saturated rings. The van der Waals surface area contributed by atoms with E-state index in [1.807, 2.05) is 51.1 Å². The summed E-state index contributed by atoms with van der Waals surface area (Å²) in [5.41, 5.74) is 0.555. The highest BCUT2D eigenvalue weighted by Gasteiger charge is 2.16. The zero-order chi connectivity index (χ0) is 17.3. The van der Waals surface area contributed by atoms with Gasteiger partial charge in [0.2, 0.25) is 0 Å². The van der Waals surface area contributed by atoms with Crippen LogP contribution in [0.15, 0.2) is 30.3 Å². The molecule has 0 unspecified atom stereocenters. The van der Waals surface area contributed by atoms with Gasteiger partial charge < -0.3 is 15.2 Å². The predicted molar refractivity (Wildman–Crippen MR) is 89.5 cm³/mol. The Morgan fingerprint density at radius 1 is 1.17 bits per heavy atom. The molecule has 2 N–H and O–H groups in total. The van der Waals surface area contributed by atoms with Crippen LogP contribution in [0, 0.1) is 0 Å². The average molecular weight is 321 g/mol. The number of aliphatic carboxylic acids is 1. The molecule has 1 amide bonds. The number of hydrogen-bond acceptors (Lipinski definition) is 3. The summed E-state index contributed by atoms with van der Waals surface area (Å²) in [4.78, 5) is 22.5. The molecule has 1 aromatic carbocycles. The van der Waals surface area contributed by atoms with Gasteiger partial charge in [-0.3, -0.25) is 4.79 Å². The second kappa shape index (κ2) is 9.18. The molecule has 0 aliphatic rings. The number of hydrogen-bond donors (Lipinski definition) is 2. The molecule has 0 aromatic heterocycles. The largest absolute Gasteiger partial charge is 0.481 e. The van der Waals surface area contributed by atoms with E-state index in [0.29, 0.717) is 6.54 Å². The fourth-order valence-electron chi connectivity index (χ4n) is 2.34. The number of nitrogens with one attached hydrogen (secondary N) is 1. The molecule has 0 aliphatic carbocycles. The monoisotopic (exact) mass is 321 g/mol. The second-order valence-corrected chi connectivity index (χ2v) is 6.63. The maximum absolute atomic E-state index is 11.5. The van der Waals surface area contributed by atoms with Crippen LogP contribution in [0.4, 0.5) is 4.79 Å². The van der Waals surface area contributed by atoms with Crippen LogP contribution in [0.25, 0.3) is 0 Å². The molecule has 128 valence electrons. The van der Waals surface area contributed by atoms with Gasteiger partial charge in [-0.05, 0) is 45.1 Å². The van der Waals surface area contributed by atoms with Crippen molar-refractivity contribution in [3.8, 4) is 0 Å². The van der Waals surface area contributed by atoms with E-state index in [-0.39, 0.29) is 12.3 Å². The van der Waals surface area contributed by atoms with Gasteiger partial charge in [-0.1, -0.05) is 36.8 Å². The standard InChI is InChI=1S/C18H27NO4/c1-18(2,3)23-17(22)19-12-8-7-11-15(13-16(20)21)14-9-5-4-6-10-14/h4-6,9-10,15H,7-8,11-13H2,1-3H3,(H,19,22)(H,20,21)/t15-/m0/s1. The highest BCUT2D eigenvalue weighted by atomic mass is 16.6. The quantitative estimate of drug-likeness (QED) is 0.711. The number of unbranched alkanes of at least 4 members (excludes halogenated alkanes) is 1. The fourth-order valence-corrected chi connectivity index (χ4v) is 2.34. The van der Waals surface area contributed by atoms with Gasteiger partial charge in [-0.15, -0.1) is 0 Å². The van der Waals surface area contributed by atoms with Gasteiger partial charge >= 0.3 is 12.1 Å². The lowest BCUT2D eigenvalue weighted by molar-refractivity contribution is -0.137. The third-order valence-electron chi connectivity index (χ3n) is 3.34. The average Bonchev–Trinajstić information content (AvgIpc) is 2.44. The molecule has 1 atom stereocenters. The Bertz CT molecular complexity index is 493. The summed E-state index contributed by atoms with van der Waals surface area (Å²) < 4.78 is 5.16. The van der Waals surface area contributed by atoms with E-state index in [9.17, 15) is 9.59 Å². The minimum atomic E-state index is -0.786. The maximum atomic E-state index is 11.5. The Hall–Kier alpha value is -2.04. The number of amides is 1. The molecule has 0 saturated carbocycles. The molecule has 0 saturated heterocycles. The van der Waals surface area contributed by atoms with Gasteiger partial charge in [-0.2, -0.15) is 0 Å². The van der Waals surface area contributed by atoms with Gasteiger partial charge in [-0.25, -0.2) is 4.79 Å². The van der Waals surface area contributed by atoms with E-state index in [4.69, 9.17) is 9.84 Å². The molecule has 0 radical (unpaired) electrons. The molecule has 0 heterocycles. The van der Waals surface area contributed by atoms with Crippen molar-refractivity contribution in [2.45, 2.75) is 58.0 Å². The fraction of sp³-hybridized carbons (Fsp3) is 0.556. The Labute approximate surface area is 138 Å². The molecule has 0 aliphatic heterocycles. The van der Waals surface area contributed by atoms with Crippen LogP contribution in [0.2, 0.25) is 0 Å². The maximum Gasteiger partial charge on any atom is 0.407 e. The number of benzene rings is 1. The lowest BCUT2D eigenvalue weighted by Crippen LogP contribution is -2.33. The third-order valence-corrected chi connectivity index (χ3v) is 3.34. The van der Waals surface area contributed by atoms with Crippen molar-refractivity contribution in [2.75, 3.05) is 6.54 Å². The molecule has 0 spiro atoms. The smallest absolute Gasteiger partial charge is 0.407 e. The summed E-state index contributed by atoms with van der Waals surface area (Å²) in [6, 6.07) is 9.70. The Morgan fingerprint density at radius 3 is 2.39 bits per heavy atom. The molecule has 5 heteroatoms. The number of alkyl carbamates (subject to hydrolysis) is 1. The van der Waals surface area contributed by atoms with Crippen molar-refractivity contribution >= 4 is 12.1 Å². The Kier molecular flexibility index (Phi) is 7.59. The summed E-state index contributed by atoms with van der Waals surface area (Å²) in [6.45, 7) is 6.00. The van der Waals surface area contributed by atoms with Crippen LogP contribution in [0.5, 0.6) is 0 Å². The summed E-state index contributed by atoms with van der Waals surface area (Å²) in [5, 5.41) is 11.8. The van der Waals surface area contributed by atoms with E-state index in [1.54, 1.807) is 0 Å². The number of carbonyl (C=O) groups excluding carboxylic acids is 1. The lowest BCUT2D eigenvalue weighted by Gasteiger charge is -2.20. The van der Waals surface area contributed by atoms with Gasteiger partial charge in [0.15, 0.2) is 0 Å². The predicted octanol–water partition coefficient (Wildman–Crippen LogP) is 3.94. The van der Waals surface area contributed by atoms with Crippen LogP contribution in [0.1, 0.15) is 57.9 Å². The molecule has 23 heavy (non-hydrogen) atoms. The van der Waals surface area contributed by atoms with Crippen molar-refractivity contribution in [3.05, 3.63) is 35.9 Å².